The lowest BCUT2D eigenvalue weighted by Gasteiger charge is -2.25. The minimum Gasteiger partial charge on any atom is -0.468 e. The van der Waals surface area contributed by atoms with Crippen LogP contribution in [-0.4, -0.2) is 41.4 Å². The third kappa shape index (κ3) is 3.71. The van der Waals surface area contributed by atoms with Gasteiger partial charge in [0.1, 0.15) is 0 Å². The van der Waals surface area contributed by atoms with Crippen LogP contribution in [0.5, 0.6) is 5.88 Å². The number of halogens is 3. The molecule has 0 unspecified atom stereocenters. The van der Waals surface area contributed by atoms with Crippen molar-refractivity contribution in [3.63, 3.8) is 0 Å². The van der Waals surface area contributed by atoms with E-state index in [9.17, 15) is 13.2 Å². The summed E-state index contributed by atoms with van der Waals surface area (Å²) < 4.78 is 41.8. The summed E-state index contributed by atoms with van der Waals surface area (Å²) in [7, 11) is 1.96. The average molecular weight is 313 g/mol. The molecule has 1 aliphatic carbocycles. The van der Waals surface area contributed by atoms with Crippen molar-refractivity contribution in [2.45, 2.75) is 31.5 Å². The molecule has 1 fully saturated rings. The zero-order chi connectivity index (χ0) is 15.7. The first-order chi connectivity index (χ1) is 10.4. The van der Waals surface area contributed by atoms with Crippen LogP contribution in [0.1, 0.15) is 29.9 Å². The molecule has 120 valence electrons. The van der Waals surface area contributed by atoms with Gasteiger partial charge in [0.15, 0.2) is 6.61 Å². The Labute approximate surface area is 127 Å². The zero-order valence-corrected chi connectivity index (χ0v) is 12.3. The van der Waals surface area contributed by atoms with E-state index >= 15 is 0 Å². The molecular formula is C15H18F3N3O. The molecule has 0 atom stereocenters. The first kappa shape index (κ1) is 15.1. The van der Waals surface area contributed by atoms with Gasteiger partial charge in [0, 0.05) is 38.1 Å². The lowest BCUT2D eigenvalue weighted by atomic mass is 10.1. The van der Waals surface area contributed by atoms with E-state index in [0.717, 1.165) is 30.5 Å². The standard InChI is InChI=1S/C15H18F3N3O/c1-20-5-2-6-21(20)9-11-7-13(12-3-4-12)14(19-8-11)22-10-15(16,17)18/h2,5,7-8,12H,3-4,6,9-10H2,1H3. The van der Waals surface area contributed by atoms with Gasteiger partial charge in [-0.05, 0) is 30.4 Å². The fourth-order valence-corrected chi connectivity index (χ4v) is 2.49. The molecule has 7 heteroatoms. The van der Waals surface area contributed by atoms with Crippen LogP contribution >= 0.6 is 0 Å². The second-order valence-electron chi connectivity index (χ2n) is 5.72. The van der Waals surface area contributed by atoms with Crippen molar-refractivity contribution in [1.82, 2.24) is 15.0 Å². The summed E-state index contributed by atoms with van der Waals surface area (Å²) in [5, 5.41) is 4.11. The quantitative estimate of drug-likeness (QED) is 0.835. The first-order valence-corrected chi connectivity index (χ1v) is 7.25. The molecule has 0 spiro atoms. The van der Waals surface area contributed by atoms with Crippen molar-refractivity contribution < 1.29 is 17.9 Å². The molecule has 1 aromatic heterocycles. The van der Waals surface area contributed by atoms with Gasteiger partial charge >= 0.3 is 6.18 Å². The Hall–Kier alpha value is -1.76. The molecule has 4 nitrogen and oxygen atoms in total. The minimum absolute atomic E-state index is 0.122. The van der Waals surface area contributed by atoms with E-state index in [4.69, 9.17) is 4.74 Å². The molecule has 2 aliphatic rings. The first-order valence-electron chi connectivity index (χ1n) is 7.25. The fraction of sp³-hybridized carbons (Fsp3) is 0.533. The van der Waals surface area contributed by atoms with Crippen LogP contribution in [0.2, 0.25) is 0 Å². The van der Waals surface area contributed by atoms with Gasteiger partial charge in [0.2, 0.25) is 5.88 Å². The zero-order valence-electron chi connectivity index (χ0n) is 12.3. The highest BCUT2D eigenvalue weighted by atomic mass is 19.4. The second kappa shape index (κ2) is 5.79. The normalized spacial score (nSPS) is 19.0. The Morgan fingerprint density at radius 2 is 2.14 bits per heavy atom. The van der Waals surface area contributed by atoms with Gasteiger partial charge in [-0.2, -0.15) is 13.2 Å². The van der Waals surface area contributed by atoms with E-state index in [1.807, 2.05) is 24.3 Å². The highest BCUT2D eigenvalue weighted by Gasteiger charge is 2.32. The maximum Gasteiger partial charge on any atom is 0.422 e. The molecule has 1 aromatic rings. The van der Waals surface area contributed by atoms with E-state index in [1.165, 1.54) is 0 Å². The predicted molar refractivity (Wildman–Crippen MR) is 75.1 cm³/mol. The summed E-state index contributed by atoms with van der Waals surface area (Å²) in [5.41, 5.74) is 1.79. The van der Waals surface area contributed by atoms with Crippen LogP contribution in [0.3, 0.4) is 0 Å². The minimum atomic E-state index is -4.34. The van der Waals surface area contributed by atoms with Crippen LogP contribution in [0.15, 0.2) is 24.5 Å². The predicted octanol–water partition coefficient (Wildman–Crippen LogP) is 3.08. The third-order valence-corrected chi connectivity index (χ3v) is 3.77. The number of hydrogen-bond donors (Lipinski definition) is 0. The summed E-state index contributed by atoms with van der Waals surface area (Å²) in [6, 6.07) is 1.93. The van der Waals surface area contributed by atoms with Crippen LogP contribution in [0, 0.1) is 0 Å². The number of nitrogens with zero attached hydrogens (tertiary/aromatic N) is 3. The number of hydrazine groups is 1. The van der Waals surface area contributed by atoms with Crippen molar-refractivity contribution >= 4 is 0 Å². The van der Waals surface area contributed by atoms with E-state index in [1.54, 1.807) is 6.20 Å². The summed E-state index contributed by atoms with van der Waals surface area (Å²) in [6.45, 7) is 0.204. The van der Waals surface area contributed by atoms with Crippen molar-refractivity contribution in [2.24, 2.45) is 0 Å². The van der Waals surface area contributed by atoms with Crippen molar-refractivity contribution in [3.05, 3.63) is 35.7 Å². The topological polar surface area (TPSA) is 28.6 Å². The number of rotatable bonds is 5. The molecule has 0 saturated heterocycles. The van der Waals surface area contributed by atoms with Gasteiger partial charge in [-0.1, -0.05) is 6.08 Å². The summed E-state index contributed by atoms with van der Waals surface area (Å²) in [6.07, 6.45) is 3.26. The molecule has 0 amide bonds. The van der Waals surface area contributed by atoms with Crippen LogP contribution < -0.4 is 4.74 Å². The second-order valence-corrected chi connectivity index (χ2v) is 5.72. The summed E-state index contributed by atoms with van der Waals surface area (Å²) in [5.74, 6) is 0.404. The van der Waals surface area contributed by atoms with E-state index in [-0.39, 0.29) is 11.8 Å². The van der Waals surface area contributed by atoms with Crippen molar-refractivity contribution in [1.29, 1.82) is 0 Å². The number of pyridine rings is 1. The highest BCUT2D eigenvalue weighted by molar-refractivity contribution is 5.36. The molecule has 0 radical (unpaired) electrons. The molecule has 0 bridgehead atoms. The van der Waals surface area contributed by atoms with Gasteiger partial charge in [-0.15, -0.1) is 0 Å². The van der Waals surface area contributed by atoms with Crippen molar-refractivity contribution in [3.8, 4) is 5.88 Å². The number of hydrogen-bond acceptors (Lipinski definition) is 4. The van der Waals surface area contributed by atoms with E-state index in [0.29, 0.717) is 6.54 Å². The van der Waals surface area contributed by atoms with Gasteiger partial charge < -0.3 is 9.75 Å². The maximum absolute atomic E-state index is 12.3. The maximum atomic E-state index is 12.3. The lowest BCUT2D eigenvalue weighted by Crippen LogP contribution is -2.31. The summed E-state index contributed by atoms with van der Waals surface area (Å²) in [4.78, 5) is 4.12. The Morgan fingerprint density at radius 3 is 2.73 bits per heavy atom. The Bertz CT molecular complexity index is 570. The highest BCUT2D eigenvalue weighted by Crippen LogP contribution is 2.44. The smallest absolute Gasteiger partial charge is 0.422 e. The number of aromatic nitrogens is 1. The lowest BCUT2D eigenvalue weighted by molar-refractivity contribution is -0.154. The van der Waals surface area contributed by atoms with Crippen LogP contribution in [0.4, 0.5) is 13.2 Å². The molecular weight excluding hydrogens is 295 g/mol. The summed E-state index contributed by atoms with van der Waals surface area (Å²) >= 11 is 0. The molecule has 22 heavy (non-hydrogen) atoms. The van der Waals surface area contributed by atoms with Gasteiger partial charge in [0.25, 0.3) is 0 Å². The van der Waals surface area contributed by atoms with E-state index in [2.05, 4.69) is 16.1 Å². The number of ether oxygens (including phenoxy) is 1. The molecule has 0 N–H and O–H groups in total. The van der Waals surface area contributed by atoms with Gasteiger partial charge in [-0.25, -0.2) is 9.99 Å². The van der Waals surface area contributed by atoms with Crippen molar-refractivity contribution in [2.75, 3.05) is 20.2 Å². The molecule has 2 heterocycles. The van der Waals surface area contributed by atoms with Crippen LogP contribution in [0.25, 0.3) is 0 Å². The van der Waals surface area contributed by atoms with E-state index < -0.39 is 12.8 Å². The Kier molecular flexibility index (Phi) is 3.99. The molecule has 1 aliphatic heterocycles. The Balaban J connectivity index is 1.72. The number of alkyl halides is 3. The monoisotopic (exact) mass is 313 g/mol. The van der Waals surface area contributed by atoms with Gasteiger partial charge in [-0.3, -0.25) is 0 Å². The Morgan fingerprint density at radius 1 is 1.36 bits per heavy atom. The molecule has 3 rings (SSSR count). The molecule has 0 aromatic carbocycles. The molecule has 1 saturated carbocycles. The van der Waals surface area contributed by atoms with Gasteiger partial charge in [0.05, 0.1) is 0 Å². The van der Waals surface area contributed by atoms with Crippen LogP contribution in [-0.2, 0) is 6.54 Å². The third-order valence-electron chi connectivity index (χ3n) is 3.77. The average Bonchev–Trinajstić information content (AvgIpc) is 3.22. The SMILES string of the molecule is CN1C=CCN1Cc1cnc(OCC(F)(F)F)c(C2CC2)c1. The fourth-order valence-electron chi connectivity index (χ4n) is 2.49. The largest absolute Gasteiger partial charge is 0.468 e.